The van der Waals surface area contributed by atoms with Gasteiger partial charge in [0, 0.05) is 16.8 Å². The number of carbonyl (C=O) groups is 1. The first-order valence-electron chi connectivity index (χ1n) is 6.64. The maximum atomic E-state index is 13.3. The first-order valence-corrected chi connectivity index (χ1v) is 7.43. The minimum absolute atomic E-state index is 0.0464. The molecule has 0 saturated carbocycles. The fraction of sp³-hybridized carbons (Fsp3) is 0.0667. The maximum absolute atomic E-state index is 13.3. The maximum Gasteiger partial charge on any atom is 0.306 e. The van der Waals surface area contributed by atoms with Gasteiger partial charge in [-0.05, 0) is 42.0 Å². The topological polar surface area (TPSA) is 84.3 Å². The van der Waals surface area contributed by atoms with Crippen LogP contribution < -0.4 is 10.6 Å². The summed E-state index contributed by atoms with van der Waals surface area (Å²) in [6.45, 7) is 0. The molecule has 0 spiro atoms. The van der Waals surface area contributed by atoms with E-state index >= 15 is 0 Å². The monoisotopic (exact) mass is 367 g/mol. The molecule has 1 amide bonds. The third-order valence-electron chi connectivity index (χ3n) is 2.93. The standard InChI is InChI=1S/C15H11ClFN3O3S/c16-10-3-1-9(2-4-10)7-14(21)19-15(24)18-11-5-6-12(17)13(8-11)20(22)23/h1-6,8H,7H2,(H2,18,19,21,24). The molecule has 0 aromatic heterocycles. The lowest BCUT2D eigenvalue weighted by atomic mass is 10.1. The van der Waals surface area contributed by atoms with Crippen LogP contribution in [-0.4, -0.2) is 15.9 Å². The molecule has 0 fully saturated rings. The molecule has 124 valence electrons. The number of hydrogen-bond acceptors (Lipinski definition) is 4. The molecule has 0 atom stereocenters. The fourth-order valence-corrected chi connectivity index (χ4v) is 2.21. The summed E-state index contributed by atoms with van der Waals surface area (Å²) in [5.41, 5.74) is 0.257. The molecular formula is C15H11ClFN3O3S. The van der Waals surface area contributed by atoms with Crippen molar-refractivity contribution < 1.29 is 14.1 Å². The van der Waals surface area contributed by atoms with Gasteiger partial charge in [0.2, 0.25) is 11.7 Å². The number of halogens is 2. The van der Waals surface area contributed by atoms with Crippen LogP contribution in [0.3, 0.4) is 0 Å². The van der Waals surface area contributed by atoms with Gasteiger partial charge in [-0.25, -0.2) is 0 Å². The molecule has 2 aromatic carbocycles. The normalized spacial score (nSPS) is 10.1. The van der Waals surface area contributed by atoms with E-state index < -0.39 is 16.4 Å². The molecule has 0 aliphatic carbocycles. The number of nitrogens with one attached hydrogen (secondary N) is 2. The molecule has 0 aliphatic rings. The summed E-state index contributed by atoms with van der Waals surface area (Å²) >= 11 is 10.7. The molecule has 0 heterocycles. The predicted molar refractivity (Wildman–Crippen MR) is 92.6 cm³/mol. The molecule has 9 heteroatoms. The van der Waals surface area contributed by atoms with E-state index in [1.807, 2.05) is 0 Å². The zero-order chi connectivity index (χ0) is 17.7. The number of hydrogen-bond donors (Lipinski definition) is 2. The van der Waals surface area contributed by atoms with Crippen molar-refractivity contribution in [3.05, 3.63) is 69.0 Å². The lowest BCUT2D eigenvalue weighted by Gasteiger charge is -2.09. The van der Waals surface area contributed by atoms with Crippen LogP contribution in [0.25, 0.3) is 0 Å². The van der Waals surface area contributed by atoms with Crippen molar-refractivity contribution in [3.8, 4) is 0 Å². The summed E-state index contributed by atoms with van der Waals surface area (Å²) in [7, 11) is 0. The SMILES string of the molecule is O=C(Cc1ccc(Cl)cc1)NC(=S)Nc1ccc(F)c([N+](=O)[O-])c1. The van der Waals surface area contributed by atoms with E-state index in [9.17, 15) is 19.3 Å². The Morgan fingerprint density at radius 3 is 2.54 bits per heavy atom. The van der Waals surface area contributed by atoms with Gasteiger partial charge in [0.25, 0.3) is 0 Å². The van der Waals surface area contributed by atoms with Crippen LogP contribution in [-0.2, 0) is 11.2 Å². The summed E-state index contributed by atoms with van der Waals surface area (Å²) in [6, 6.07) is 9.96. The third-order valence-corrected chi connectivity index (χ3v) is 3.39. The fourth-order valence-electron chi connectivity index (χ4n) is 1.85. The van der Waals surface area contributed by atoms with Gasteiger partial charge >= 0.3 is 5.69 Å². The molecule has 2 rings (SSSR count). The summed E-state index contributed by atoms with van der Waals surface area (Å²) in [6.07, 6.45) is 0.0859. The van der Waals surface area contributed by atoms with Gasteiger partial charge in [-0.1, -0.05) is 23.7 Å². The molecule has 2 aromatic rings. The molecule has 0 bridgehead atoms. The van der Waals surface area contributed by atoms with Crippen LogP contribution in [0.2, 0.25) is 5.02 Å². The van der Waals surface area contributed by atoms with Gasteiger partial charge in [0.15, 0.2) is 5.11 Å². The Bertz CT molecular complexity index is 799. The Balaban J connectivity index is 1.95. The number of nitro groups is 1. The Morgan fingerprint density at radius 1 is 1.25 bits per heavy atom. The van der Waals surface area contributed by atoms with Gasteiger partial charge < -0.3 is 10.6 Å². The predicted octanol–water partition coefficient (Wildman–Crippen LogP) is 3.44. The molecule has 0 aliphatic heterocycles. The zero-order valence-corrected chi connectivity index (χ0v) is 13.7. The quantitative estimate of drug-likeness (QED) is 0.491. The first kappa shape index (κ1) is 17.8. The van der Waals surface area contributed by atoms with E-state index in [1.54, 1.807) is 24.3 Å². The van der Waals surface area contributed by atoms with E-state index in [0.29, 0.717) is 5.02 Å². The highest BCUT2D eigenvalue weighted by molar-refractivity contribution is 7.80. The number of amides is 1. The number of rotatable bonds is 4. The van der Waals surface area contributed by atoms with Gasteiger partial charge in [0.1, 0.15) is 0 Å². The van der Waals surface area contributed by atoms with Crippen molar-refractivity contribution in [3.63, 3.8) is 0 Å². The highest BCUT2D eigenvalue weighted by atomic mass is 35.5. The third kappa shape index (κ3) is 4.97. The van der Waals surface area contributed by atoms with Crippen LogP contribution in [0.4, 0.5) is 15.8 Å². The van der Waals surface area contributed by atoms with E-state index in [2.05, 4.69) is 10.6 Å². The lowest BCUT2D eigenvalue weighted by Crippen LogP contribution is -2.35. The summed E-state index contributed by atoms with van der Waals surface area (Å²) < 4.78 is 13.3. The largest absolute Gasteiger partial charge is 0.332 e. The molecule has 6 nitrogen and oxygen atoms in total. The number of anilines is 1. The smallest absolute Gasteiger partial charge is 0.306 e. The second-order valence-electron chi connectivity index (χ2n) is 4.73. The Morgan fingerprint density at radius 2 is 1.92 bits per heavy atom. The van der Waals surface area contributed by atoms with Crippen molar-refractivity contribution in [1.82, 2.24) is 5.32 Å². The van der Waals surface area contributed by atoms with E-state index in [0.717, 1.165) is 17.7 Å². The molecule has 0 unspecified atom stereocenters. The van der Waals surface area contributed by atoms with Crippen molar-refractivity contribution in [2.75, 3.05) is 5.32 Å². The second kappa shape index (κ2) is 7.80. The average Bonchev–Trinajstić information content (AvgIpc) is 2.51. The van der Waals surface area contributed by atoms with Gasteiger partial charge in [-0.3, -0.25) is 14.9 Å². The Kier molecular flexibility index (Phi) is 5.78. The van der Waals surface area contributed by atoms with Crippen LogP contribution in [0.5, 0.6) is 0 Å². The first-order chi connectivity index (χ1) is 11.3. The van der Waals surface area contributed by atoms with Crippen LogP contribution >= 0.6 is 23.8 Å². The van der Waals surface area contributed by atoms with Gasteiger partial charge in [-0.2, -0.15) is 4.39 Å². The van der Waals surface area contributed by atoms with Crippen LogP contribution in [0.1, 0.15) is 5.56 Å². The number of benzene rings is 2. The molecule has 0 radical (unpaired) electrons. The van der Waals surface area contributed by atoms with Crippen molar-refractivity contribution in [2.24, 2.45) is 0 Å². The highest BCUT2D eigenvalue weighted by Gasteiger charge is 2.15. The van der Waals surface area contributed by atoms with Crippen LogP contribution in [0.15, 0.2) is 42.5 Å². The van der Waals surface area contributed by atoms with Crippen molar-refractivity contribution >= 4 is 46.2 Å². The number of carbonyl (C=O) groups excluding carboxylic acids is 1. The minimum Gasteiger partial charge on any atom is -0.332 e. The lowest BCUT2D eigenvalue weighted by molar-refractivity contribution is -0.387. The Labute approximate surface area is 146 Å². The summed E-state index contributed by atoms with van der Waals surface area (Å²) in [5.74, 6) is -1.32. The molecule has 0 saturated heterocycles. The van der Waals surface area contributed by atoms with Gasteiger partial charge in [0.05, 0.1) is 11.3 Å². The number of thiocarbonyl (C=S) groups is 1. The number of nitrogens with zero attached hydrogens (tertiary/aromatic N) is 1. The molecular weight excluding hydrogens is 357 g/mol. The zero-order valence-electron chi connectivity index (χ0n) is 12.1. The van der Waals surface area contributed by atoms with Crippen molar-refractivity contribution in [1.29, 1.82) is 0 Å². The van der Waals surface area contributed by atoms with E-state index in [1.165, 1.54) is 6.07 Å². The summed E-state index contributed by atoms with van der Waals surface area (Å²) in [5, 5.41) is 16.2. The highest BCUT2D eigenvalue weighted by Crippen LogP contribution is 2.21. The second-order valence-corrected chi connectivity index (χ2v) is 5.57. The van der Waals surface area contributed by atoms with Crippen molar-refractivity contribution in [2.45, 2.75) is 6.42 Å². The van der Waals surface area contributed by atoms with Gasteiger partial charge in [-0.15, -0.1) is 0 Å². The average molecular weight is 368 g/mol. The molecule has 2 N–H and O–H groups in total. The Hall–Kier alpha value is -2.58. The van der Waals surface area contributed by atoms with Crippen LogP contribution in [0, 0.1) is 15.9 Å². The summed E-state index contributed by atoms with van der Waals surface area (Å²) in [4.78, 5) is 21.7. The number of nitro benzene ring substituents is 1. The minimum atomic E-state index is -0.955. The molecule has 24 heavy (non-hydrogen) atoms. The van der Waals surface area contributed by atoms with E-state index in [-0.39, 0.29) is 23.1 Å². The van der Waals surface area contributed by atoms with E-state index in [4.69, 9.17) is 23.8 Å².